The van der Waals surface area contributed by atoms with Crippen LogP contribution in [0.1, 0.15) is 199 Å². The normalized spacial score (nSPS) is 18.4. The molecule has 0 saturated heterocycles. The lowest BCUT2D eigenvalue weighted by Crippen LogP contribution is -2.45. The van der Waals surface area contributed by atoms with E-state index in [1.54, 1.807) is 78.2 Å². The van der Waals surface area contributed by atoms with Gasteiger partial charge in [0.15, 0.2) is 0 Å². The van der Waals surface area contributed by atoms with E-state index < -0.39 is 59.6 Å². The first kappa shape index (κ1) is 109. The van der Waals surface area contributed by atoms with Crippen molar-refractivity contribution in [2.75, 3.05) is 296 Å². The predicted octanol–water partition coefficient (Wildman–Crippen LogP) is 13.9. The highest BCUT2D eigenvalue weighted by Gasteiger charge is 2.43. The van der Waals surface area contributed by atoms with Crippen LogP contribution in [0.2, 0.25) is 0 Å². The quantitative estimate of drug-likeness (QED) is 0.0440. The standard InChI is InChI=1S/C86H172O24/c1-24-36-37-38-39-40-41-75(88)110-74-86(35-12,53-99-23)73-109-72-85(34-11,52-98-22)71-108-70-84(33-10,51-97-21)69-107-68-83(32-9,50-96-20)67-106-66-82(31-8,49-95-19)65-105-64-81(30-7,48-94-18)63-104-62-80(29-6,47-93-17)61-103-60-79(28-5,46-92-16)59-102-58-78(27-4,45-91-15)57-101-56-77(26-3,44-90-14)55-100-54-76(25-2,42-87)43-89-13/h87H,24-74H2,1-23H3. The summed E-state index contributed by atoms with van der Waals surface area (Å²) in [5.41, 5.74) is -4.94. The van der Waals surface area contributed by atoms with Crippen molar-refractivity contribution in [3.8, 4) is 0 Å². The predicted molar refractivity (Wildman–Crippen MR) is 435 cm³/mol. The topological polar surface area (TPSA) is 240 Å². The van der Waals surface area contributed by atoms with Crippen LogP contribution in [0.15, 0.2) is 0 Å². The summed E-state index contributed by atoms with van der Waals surface area (Å²) in [7, 11) is 18.8. The Labute approximate surface area is 671 Å². The fourth-order valence-corrected chi connectivity index (χ4v) is 14.3. The first-order valence-electron chi connectivity index (χ1n) is 41.8. The summed E-state index contributed by atoms with van der Waals surface area (Å²) in [4.78, 5) is 12.9. The summed E-state index contributed by atoms with van der Waals surface area (Å²) in [6.07, 6.45) is 15.3. The second kappa shape index (κ2) is 61.8. The van der Waals surface area contributed by atoms with Gasteiger partial charge in [-0.05, 0) is 77.0 Å². The highest BCUT2D eigenvalue weighted by Crippen LogP contribution is 2.37. The summed E-state index contributed by atoms with van der Waals surface area (Å²) in [5, 5.41) is 10.3. The van der Waals surface area contributed by atoms with Gasteiger partial charge in [-0.1, -0.05) is 115 Å². The highest BCUT2D eigenvalue weighted by atomic mass is 16.6. The third-order valence-corrected chi connectivity index (χ3v) is 24.0. The molecule has 660 valence electrons. The first-order chi connectivity index (χ1) is 52.9. The van der Waals surface area contributed by atoms with Gasteiger partial charge in [0.2, 0.25) is 0 Å². The molecule has 0 spiro atoms. The Morgan fingerprint density at radius 3 is 0.500 bits per heavy atom. The molecule has 1 N–H and O–H groups in total. The van der Waals surface area contributed by atoms with Gasteiger partial charge < -0.3 is 109 Å². The Kier molecular flexibility index (Phi) is 61.1. The Hall–Kier alpha value is -1.41. The van der Waals surface area contributed by atoms with Crippen LogP contribution in [0.4, 0.5) is 0 Å². The zero-order chi connectivity index (χ0) is 82.7. The summed E-state index contributed by atoms with van der Waals surface area (Å²) in [5.74, 6) is -0.169. The molecule has 0 amide bonds. The van der Waals surface area contributed by atoms with E-state index in [0.29, 0.717) is 211 Å². The van der Waals surface area contributed by atoms with Crippen LogP contribution in [0.3, 0.4) is 0 Å². The van der Waals surface area contributed by atoms with Crippen molar-refractivity contribution in [1.29, 1.82) is 0 Å². The molecule has 0 saturated carbocycles. The zero-order valence-electron chi connectivity index (χ0n) is 74.9. The molecule has 24 heteroatoms. The number of methoxy groups -OCH3 is 11. The lowest BCUT2D eigenvalue weighted by molar-refractivity contribution is -0.154. The van der Waals surface area contributed by atoms with Crippen LogP contribution in [-0.2, 0) is 109 Å². The Bertz CT molecular complexity index is 2160. The third kappa shape index (κ3) is 39.9. The molecule has 0 radical (unpaired) electrons. The summed E-state index contributed by atoms with van der Waals surface area (Å²) >= 11 is 0. The van der Waals surface area contributed by atoms with Gasteiger partial charge >= 0.3 is 5.97 Å². The molecule has 0 aromatic rings. The molecule has 0 fully saturated rings. The van der Waals surface area contributed by atoms with E-state index in [1.165, 1.54) is 19.3 Å². The Morgan fingerprint density at radius 1 is 0.200 bits per heavy atom. The molecule has 0 aliphatic carbocycles. The van der Waals surface area contributed by atoms with Crippen LogP contribution in [-0.4, -0.2) is 307 Å². The van der Waals surface area contributed by atoms with Crippen LogP contribution in [0, 0.1) is 59.6 Å². The smallest absolute Gasteiger partial charge is 0.305 e. The van der Waals surface area contributed by atoms with Crippen LogP contribution in [0.25, 0.3) is 0 Å². The van der Waals surface area contributed by atoms with Crippen molar-refractivity contribution < 1.29 is 114 Å². The molecular weight excluding hydrogens is 1420 g/mol. The minimum atomic E-state index is -0.488. The van der Waals surface area contributed by atoms with Gasteiger partial charge in [-0.2, -0.15) is 0 Å². The van der Waals surface area contributed by atoms with Crippen LogP contribution < -0.4 is 0 Å². The maximum atomic E-state index is 12.9. The second-order valence-corrected chi connectivity index (χ2v) is 33.4. The van der Waals surface area contributed by atoms with Crippen molar-refractivity contribution in [2.24, 2.45) is 59.6 Å². The average Bonchev–Trinajstić information content (AvgIpc) is 0.846. The van der Waals surface area contributed by atoms with Gasteiger partial charge in [-0.3, -0.25) is 4.79 Å². The van der Waals surface area contributed by atoms with E-state index in [2.05, 4.69) is 76.2 Å². The largest absolute Gasteiger partial charge is 0.465 e. The number of aliphatic hydroxyl groups is 1. The van der Waals surface area contributed by atoms with Crippen molar-refractivity contribution in [1.82, 2.24) is 0 Å². The lowest BCUT2D eigenvalue weighted by atomic mass is 9.85. The maximum Gasteiger partial charge on any atom is 0.305 e. The van der Waals surface area contributed by atoms with E-state index >= 15 is 0 Å². The molecular formula is C86H172O24. The number of rotatable bonds is 83. The molecule has 0 aliphatic rings. The van der Waals surface area contributed by atoms with Crippen molar-refractivity contribution in [3.05, 3.63) is 0 Å². The Balaban J connectivity index is 6.23. The van der Waals surface area contributed by atoms with Crippen molar-refractivity contribution >= 4 is 5.97 Å². The monoisotopic (exact) mass is 1590 g/mol. The number of esters is 1. The van der Waals surface area contributed by atoms with Gasteiger partial charge in [0, 0.05) is 139 Å². The molecule has 0 bridgehead atoms. The van der Waals surface area contributed by atoms with Gasteiger partial charge in [-0.25, -0.2) is 0 Å². The zero-order valence-corrected chi connectivity index (χ0v) is 74.9. The second-order valence-electron chi connectivity index (χ2n) is 33.4. The molecule has 110 heavy (non-hydrogen) atoms. The Morgan fingerprint density at radius 2 is 0.345 bits per heavy atom. The first-order valence-corrected chi connectivity index (χ1v) is 41.8. The molecule has 0 aromatic heterocycles. The molecule has 11 atom stereocenters. The van der Waals surface area contributed by atoms with E-state index in [0.717, 1.165) is 89.9 Å². The minimum Gasteiger partial charge on any atom is -0.465 e. The lowest BCUT2D eigenvalue weighted by Gasteiger charge is -2.39. The van der Waals surface area contributed by atoms with E-state index in [9.17, 15) is 9.90 Å². The fraction of sp³-hybridized carbons (Fsp3) is 0.988. The van der Waals surface area contributed by atoms with Gasteiger partial charge in [0.05, 0.1) is 217 Å². The minimum absolute atomic E-state index is 0.0251. The van der Waals surface area contributed by atoms with Crippen LogP contribution >= 0.6 is 0 Å². The van der Waals surface area contributed by atoms with E-state index in [1.807, 2.05) is 6.92 Å². The molecule has 0 rings (SSSR count). The number of hydrogen-bond donors (Lipinski definition) is 1. The maximum absolute atomic E-state index is 12.9. The summed E-state index contributed by atoms with van der Waals surface area (Å²) in [6.45, 7) is 38.6. The number of carbonyl (C=O) groups excluding carboxylic acids is 1. The molecule has 11 unspecified atom stereocenters. The molecule has 0 aromatic carbocycles. The summed E-state index contributed by atoms with van der Waals surface area (Å²) in [6, 6.07) is 0. The van der Waals surface area contributed by atoms with E-state index in [4.69, 9.17) is 104 Å². The highest BCUT2D eigenvalue weighted by molar-refractivity contribution is 5.69. The molecule has 24 nitrogen and oxygen atoms in total. The van der Waals surface area contributed by atoms with E-state index in [-0.39, 0.29) is 19.2 Å². The SMILES string of the molecule is CCCCCCCCC(=O)OCC(CC)(COC)COCC(CC)(COC)COCC(CC)(COC)COCC(CC)(COC)COCC(CC)(COC)COCC(CC)(COC)COCC(CC)(COC)COCC(CC)(COC)COCC(CC)(COC)COCC(CC)(COC)COCC(CC)(CO)COC. The van der Waals surface area contributed by atoms with Gasteiger partial charge in [0.1, 0.15) is 6.61 Å². The average molecular weight is 1590 g/mol. The summed E-state index contributed by atoms with van der Waals surface area (Å²) < 4.78 is 137. The van der Waals surface area contributed by atoms with Gasteiger partial charge in [0.25, 0.3) is 0 Å². The van der Waals surface area contributed by atoms with Gasteiger partial charge in [-0.15, -0.1) is 0 Å². The number of unbranched alkanes of at least 4 members (excludes halogenated alkanes) is 5. The van der Waals surface area contributed by atoms with Crippen molar-refractivity contribution in [2.45, 2.75) is 199 Å². The van der Waals surface area contributed by atoms with Crippen molar-refractivity contribution in [3.63, 3.8) is 0 Å². The number of aliphatic hydroxyl groups excluding tert-OH is 1. The fourth-order valence-electron chi connectivity index (χ4n) is 14.3. The number of ether oxygens (including phenoxy) is 22. The van der Waals surface area contributed by atoms with Crippen LogP contribution in [0.5, 0.6) is 0 Å². The number of hydrogen-bond acceptors (Lipinski definition) is 24. The molecule has 0 aliphatic heterocycles. The third-order valence-electron chi connectivity index (χ3n) is 24.0. The number of carbonyl (C=O) groups is 1. The molecule has 0 heterocycles.